The fraction of sp³-hybridized carbons (Fsp3) is 0.0500. The zero-order valence-corrected chi connectivity index (χ0v) is 12.7. The maximum absolute atomic E-state index is 13.7. The number of nitrogens with one attached hydrogen (secondary N) is 1. The second-order valence-corrected chi connectivity index (χ2v) is 5.33. The molecule has 23 heavy (non-hydrogen) atoms. The smallest absolute Gasteiger partial charge is 0.258 e. The fourth-order valence-corrected chi connectivity index (χ4v) is 2.40. The fourth-order valence-electron chi connectivity index (χ4n) is 2.40. The highest BCUT2D eigenvalue weighted by molar-refractivity contribution is 6.05. The first-order valence-corrected chi connectivity index (χ1v) is 7.37. The molecule has 0 aliphatic rings. The second-order valence-electron chi connectivity index (χ2n) is 5.33. The van der Waals surface area contributed by atoms with Gasteiger partial charge in [0.2, 0.25) is 0 Å². The second kappa shape index (κ2) is 6.44. The Hall–Kier alpha value is -2.94. The summed E-state index contributed by atoms with van der Waals surface area (Å²) in [6.45, 7) is 1.91. The Morgan fingerprint density at radius 3 is 2.30 bits per heavy atom. The molecule has 0 spiro atoms. The summed E-state index contributed by atoms with van der Waals surface area (Å²) in [5.41, 5.74) is 3.71. The average Bonchev–Trinajstić information content (AvgIpc) is 2.58. The third kappa shape index (κ3) is 3.29. The van der Waals surface area contributed by atoms with Crippen LogP contribution in [0.2, 0.25) is 0 Å². The Morgan fingerprint density at radius 2 is 1.57 bits per heavy atom. The van der Waals surface area contributed by atoms with Crippen molar-refractivity contribution in [1.29, 1.82) is 0 Å². The van der Waals surface area contributed by atoms with Crippen LogP contribution in [0.15, 0.2) is 72.8 Å². The predicted molar refractivity (Wildman–Crippen MR) is 91.0 cm³/mol. The van der Waals surface area contributed by atoms with E-state index in [4.69, 9.17) is 0 Å². The Bertz CT molecular complexity index is 843. The quantitative estimate of drug-likeness (QED) is 0.720. The topological polar surface area (TPSA) is 29.1 Å². The van der Waals surface area contributed by atoms with E-state index in [-0.39, 0.29) is 5.56 Å². The van der Waals surface area contributed by atoms with Crippen LogP contribution in [0.5, 0.6) is 0 Å². The number of anilines is 1. The van der Waals surface area contributed by atoms with Crippen molar-refractivity contribution in [3.8, 4) is 11.1 Å². The van der Waals surface area contributed by atoms with Gasteiger partial charge in [-0.05, 0) is 41.8 Å². The summed E-state index contributed by atoms with van der Waals surface area (Å²) in [5.74, 6) is -0.974. The Morgan fingerprint density at radius 1 is 0.870 bits per heavy atom. The molecule has 1 amide bonds. The summed E-state index contributed by atoms with van der Waals surface area (Å²) in [4.78, 5) is 12.3. The lowest BCUT2D eigenvalue weighted by molar-refractivity contribution is 0.102. The standard InChI is InChI=1S/C20H16FNO/c1-14-11-12-16(15-7-3-2-4-8-15)13-19(14)22-20(23)17-9-5-6-10-18(17)21/h2-13H,1H3,(H,22,23). The number of carbonyl (C=O) groups excluding carboxylic acids is 1. The molecule has 3 aromatic rings. The van der Waals surface area contributed by atoms with Gasteiger partial charge >= 0.3 is 0 Å². The normalized spacial score (nSPS) is 10.3. The average molecular weight is 305 g/mol. The van der Waals surface area contributed by atoms with Crippen LogP contribution in [0, 0.1) is 12.7 Å². The molecule has 114 valence electrons. The van der Waals surface area contributed by atoms with E-state index < -0.39 is 11.7 Å². The molecule has 0 aliphatic carbocycles. The van der Waals surface area contributed by atoms with Crippen LogP contribution in [-0.2, 0) is 0 Å². The molecule has 0 saturated carbocycles. The summed E-state index contributed by atoms with van der Waals surface area (Å²) < 4.78 is 13.7. The molecule has 3 heteroatoms. The van der Waals surface area contributed by atoms with Crippen molar-refractivity contribution in [2.24, 2.45) is 0 Å². The summed E-state index contributed by atoms with van der Waals surface area (Å²) in [5, 5.41) is 2.80. The molecule has 0 radical (unpaired) electrons. The van der Waals surface area contributed by atoms with E-state index in [9.17, 15) is 9.18 Å². The SMILES string of the molecule is Cc1ccc(-c2ccccc2)cc1NC(=O)c1ccccc1F. The van der Waals surface area contributed by atoms with Gasteiger partial charge in [0.15, 0.2) is 0 Å². The van der Waals surface area contributed by atoms with Gasteiger partial charge in [0.1, 0.15) is 5.82 Å². The minimum Gasteiger partial charge on any atom is -0.322 e. The lowest BCUT2D eigenvalue weighted by Crippen LogP contribution is -2.14. The van der Waals surface area contributed by atoms with Crippen molar-refractivity contribution in [3.05, 3.63) is 89.7 Å². The van der Waals surface area contributed by atoms with Gasteiger partial charge in [-0.1, -0.05) is 54.6 Å². The third-order valence-electron chi connectivity index (χ3n) is 3.71. The highest BCUT2D eigenvalue weighted by Gasteiger charge is 2.12. The number of aryl methyl sites for hydroxylation is 1. The van der Waals surface area contributed by atoms with Gasteiger partial charge in [-0.25, -0.2) is 4.39 Å². The minimum atomic E-state index is -0.526. The minimum absolute atomic E-state index is 0.0389. The number of carbonyl (C=O) groups is 1. The van der Waals surface area contributed by atoms with Gasteiger partial charge in [0.05, 0.1) is 5.56 Å². The first-order chi connectivity index (χ1) is 11.1. The maximum atomic E-state index is 13.7. The predicted octanol–water partition coefficient (Wildman–Crippen LogP) is 5.05. The van der Waals surface area contributed by atoms with Gasteiger partial charge in [-0.2, -0.15) is 0 Å². The molecule has 0 unspecified atom stereocenters. The van der Waals surface area contributed by atoms with E-state index in [1.165, 1.54) is 12.1 Å². The van der Waals surface area contributed by atoms with Crippen molar-refractivity contribution < 1.29 is 9.18 Å². The zero-order valence-electron chi connectivity index (χ0n) is 12.7. The van der Waals surface area contributed by atoms with Crippen molar-refractivity contribution in [2.75, 3.05) is 5.32 Å². The molecule has 0 bridgehead atoms. The summed E-state index contributed by atoms with van der Waals surface area (Å²) in [7, 11) is 0. The molecule has 0 heterocycles. The molecular formula is C20H16FNO. The van der Waals surface area contributed by atoms with Gasteiger partial charge in [-0.3, -0.25) is 4.79 Å². The monoisotopic (exact) mass is 305 g/mol. The number of hydrogen-bond donors (Lipinski definition) is 1. The van der Waals surface area contributed by atoms with Crippen LogP contribution >= 0.6 is 0 Å². The van der Waals surface area contributed by atoms with Crippen molar-refractivity contribution in [2.45, 2.75) is 6.92 Å². The van der Waals surface area contributed by atoms with Crippen LogP contribution in [0.3, 0.4) is 0 Å². The summed E-state index contributed by atoms with van der Waals surface area (Å²) >= 11 is 0. The molecule has 0 aliphatic heterocycles. The highest BCUT2D eigenvalue weighted by Crippen LogP contribution is 2.25. The lowest BCUT2D eigenvalue weighted by Gasteiger charge is -2.11. The number of hydrogen-bond acceptors (Lipinski definition) is 1. The Kier molecular flexibility index (Phi) is 4.20. The van der Waals surface area contributed by atoms with Crippen LogP contribution in [0.1, 0.15) is 15.9 Å². The molecule has 0 saturated heterocycles. The zero-order chi connectivity index (χ0) is 16.2. The molecule has 3 aromatic carbocycles. The highest BCUT2D eigenvalue weighted by atomic mass is 19.1. The molecule has 3 rings (SSSR count). The largest absolute Gasteiger partial charge is 0.322 e. The Balaban J connectivity index is 1.91. The number of halogens is 1. The van der Waals surface area contributed by atoms with Crippen molar-refractivity contribution in [3.63, 3.8) is 0 Å². The molecule has 1 N–H and O–H groups in total. The van der Waals surface area contributed by atoms with E-state index in [0.717, 1.165) is 16.7 Å². The van der Waals surface area contributed by atoms with E-state index in [2.05, 4.69) is 5.32 Å². The molecule has 2 nitrogen and oxygen atoms in total. The Labute approximate surface area is 134 Å². The summed E-state index contributed by atoms with van der Waals surface area (Å²) in [6.07, 6.45) is 0. The van der Waals surface area contributed by atoms with Gasteiger partial charge < -0.3 is 5.32 Å². The van der Waals surface area contributed by atoms with E-state index in [0.29, 0.717) is 5.69 Å². The maximum Gasteiger partial charge on any atom is 0.258 e. The van der Waals surface area contributed by atoms with Crippen molar-refractivity contribution in [1.82, 2.24) is 0 Å². The van der Waals surface area contributed by atoms with Crippen LogP contribution < -0.4 is 5.32 Å². The van der Waals surface area contributed by atoms with Crippen LogP contribution in [-0.4, -0.2) is 5.91 Å². The van der Waals surface area contributed by atoms with E-state index in [1.807, 2.05) is 55.5 Å². The number of benzene rings is 3. The van der Waals surface area contributed by atoms with Crippen molar-refractivity contribution >= 4 is 11.6 Å². The van der Waals surface area contributed by atoms with Crippen LogP contribution in [0.25, 0.3) is 11.1 Å². The molecule has 0 aromatic heterocycles. The van der Waals surface area contributed by atoms with Gasteiger partial charge in [0, 0.05) is 5.69 Å². The third-order valence-corrected chi connectivity index (χ3v) is 3.71. The molecule has 0 atom stereocenters. The number of rotatable bonds is 3. The number of amides is 1. The van der Waals surface area contributed by atoms with Crippen LogP contribution in [0.4, 0.5) is 10.1 Å². The van der Waals surface area contributed by atoms with Gasteiger partial charge in [-0.15, -0.1) is 0 Å². The van der Waals surface area contributed by atoms with E-state index in [1.54, 1.807) is 12.1 Å². The molecule has 0 fully saturated rings. The first-order valence-electron chi connectivity index (χ1n) is 7.37. The van der Waals surface area contributed by atoms with Gasteiger partial charge in [0.25, 0.3) is 5.91 Å². The molecular weight excluding hydrogens is 289 g/mol. The van der Waals surface area contributed by atoms with E-state index >= 15 is 0 Å². The lowest BCUT2D eigenvalue weighted by atomic mass is 10.0. The first kappa shape index (κ1) is 15.0. The summed E-state index contributed by atoms with van der Waals surface area (Å²) in [6, 6.07) is 21.7.